The number of sulfone groups is 1. The maximum absolute atomic E-state index is 13.2. The van der Waals surface area contributed by atoms with Crippen LogP contribution in [0.1, 0.15) is 62.5 Å². The van der Waals surface area contributed by atoms with E-state index in [1.54, 1.807) is 0 Å². The fourth-order valence-corrected chi connectivity index (χ4v) is 8.05. The molecule has 3 aliphatic rings. The highest BCUT2D eigenvalue weighted by atomic mass is 32.2. The number of piperidine rings is 1. The molecule has 2 bridgehead atoms. The summed E-state index contributed by atoms with van der Waals surface area (Å²) in [5, 5.41) is 8.87. The zero-order chi connectivity index (χ0) is 24.0. The van der Waals surface area contributed by atoms with Crippen molar-refractivity contribution >= 4 is 26.6 Å². The van der Waals surface area contributed by atoms with Gasteiger partial charge in [0.2, 0.25) is 0 Å². The van der Waals surface area contributed by atoms with Gasteiger partial charge in [-0.15, -0.1) is 0 Å². The molecule has 2 aromatic rings. The molecule has 5 rings (SSSR count). The molecule has 4 atom stereocenters. The van der Waals surface area contributed by atoms with Gasteiger partial charge in [-0.1, -0.05) is 18.2 Å². The van der Waals surface area contributed by atoms with Crippen molar-refractivity contribution in [1.29, 1.82) is 0 Å². The first-order valence-corrected chi connectivity index (χ1v) is 14.5. The van der Waals surface area contributed by atoms with Gasteiger partial charge >= 0.3 is 0 Å². The third kappa shape index (κ3) is 4.62. The van der Waals surface area contributed by atoms with Crippen LogP contribution in [0.25, 0.3) is 10.9 Å². The number of fused-ring (bicyclic) bond motifs is 3. The first-order valence-electron chi connectivity index (χ1n) is 12.7. The van der Waals surface area contributed by atoms with Gasteiger partial charge in [0.1, 0.15) is 0 Å². The number of rotatable bonds is 7. The molecule has 0 aliphatic carbocycles. The van der Waals surface area contributed by atoms with Crippen molar-refractivity contribution in [2.24, 2.45) is 0 Å². The highest BCUT2D eigenvalue weighted by Gasteiger charge is 2.41. The summed E-state index contributed by atoms with van der Waals surface area (Å²) >= 11 is 0. The van der Waals surface area contributed by atoms with Crippen molar-refractivity contribution in [3.63, 3.8) is 0 Å². The Bertz CT molecular complexity index is 1150. The second-order valence-electron chi connectivity index (χ2n) is 10.7. The van der Waals surface area contributed by atoms with Crippen LogP contribution < -0.4 is 5.32 Å². The summed E-state index contributed by atoms with van der Waals surface area (Å²) in [6.07, 6.45) is 5.02. The molecule has 3 fully saturated rings. The van der Waals surface area contributed by atoms with Gasteiger partial charge in [-0.2, -0.15) is 5.10 Å². The molecule has 0 radical (unpaired) electrons. The second kappa shape index (κ2) is 9.24. The van der Waals surface area contributed by atoms with Gasteiger partial charge in [0.25, 0.3) is 5.91 Å². The lowest BCUT2D eigenvalue weighted by atomic mass is 9.97. The summed E-state index contributed by atoms with van der Waals surface area (Å²) in [4.78, 5) is 18.1. The predicted octanol–water partition coefficient (Wildman–Crippen LogP) is 2.46. The number of para-hydroxylation sites is 1. The molecule has 3 saturated heterocycles. The fraction of sp³-hybridized carbons (Fsp3) is 0.680. The standard InChI is InChI=1S/C25H37N5O3S/c1-17(2)30-23-7-5-4-6-22(23)24(27-30)25(31)26-18-14-19-8-9-20(15-18)29(19)12-11-28(3)21-10-13-34(32,33)16-21/h4-7,17-21H,8-16H2,1-3H3,(H,26,31)/t18-,19-,20+,21?. The van der Waals surface area contributed by atoms with E-state index in [9.17, 15) is 13.2 Å². The second-order valence-corrected chi connectivity index (χ2v) is 12.9. The lowest BCUT2D eigenvalue weighted by Crippen LogP contribution is -2.52. The Morgan fingerprint density at radius 2 is 1.88 bits per heavy atom. The van der Waals surface area contributed by atoms with Gasteiger partial charge in [-0.25, -0.2) is 8.42 Å². The summed E-state index contributed by atoms with van der Waals surface area (Å²) in [5.74, 6) is 0.546. The van der Waals surface area contributed by atoms with Gasteiger partial charge in [0.15, 0.2) is 15.5 Å². The van der Waals surface area contributed by atoms with E-state index >= 15 is 0 Å². The van der Waals surface area contributed by atoms with Gasteiger partial charge in [-0.05, 0) is 59.1 Å². The molecule has 1 amide bonds. The fourth-order valence-electron chi connectivity index (χ4n) is 6.24. The number of likely N-dealkylation sites (N-methyl/N-ethyl adjacent to an activating group) is 1. The zero-order valence-corrected chi connectivity index (χ0v) is 21.3. The van der Waals surface area contributed by atoms with E-state index in [1.807, 2.05) is 28.9 Å². The molecule has 1 unspecified atom stereocenters. The summed E-state index contributed by atoms with van der Waals surface area (Å²) in [7, 11) is -0.797. The van der Waals surface area contributed by atoms with E-state index in [1.165, 1.54) is 12.8 Å². The Kier molecular flexibility index (Phi) is 6.46. The number of hydrogen-bond donors (Lipinski definition) is 1. The summed E-state index contributed by atoms with van der Waals surface area (Å²) < 4.78 is 25.6. The van der Waals surface area contributed by atoms with Gasteiger partial charge in [0.05, 0.1) is 17.0 Å². The summed E-state index contributed by atoms with van der Waals surface area (Å²) in [5.41, 5.74) is 1.52. The molecule has 4 heterocycles. The Balaban J connectivity index is 1.20. The monoisotopic (exact) mass is 487 g/mol. The lowest BCUT2D eigenvalue weighted by Gasteiger charge is -2.40. The van der Waals surface area contributed by atoms with Crippen molar-refractivity contribution < 1.29 is 13.2 Å². The molecule has 1 aromatic carbocycles. The minimum Gasteiger partial charge on any atom is -0.348 e. The number of aromatic nitrogens is 2. The Hall–Kier alpha value is -1.97. The number of hydrogen-bond acceptors (Lipinski definition) is 6. The van der Waals surface area contributed by atoms with E-state index in [2.05, 4.69) is 41.1 Å². The maximum atomic E-state index is 13.2. The van der Waals surface area contributed by atoms with Crippen molar-refractivity contribution in [3.05, 3.63) is 30.0 Å². The van der Waals surface area contributed by atoms with Gasteiger partial charge in [0, 0.05) is 48.7 Å². The summed E-state index contributed by atoms with van der Waals surface area (Å²) in [6, 6.07) is 9.42. The molecule has 9 heteroatoms. The molecular formula is C25H37N5O3S. The normalized spacial score (nSPS) is 28.9. The van der Waals surface area contributed by atoms with E-state index in [0.29, 0.717) is 29.3 Å². The molecule has 1 N–H and O–H groups in total. The number of benzene rings is 1. The smallest absolute Gasteiger partial charge is 0.272 e. The third-order valence-corrected chi connectivity index (χ3v) is 9.83. The van der Waals surface area contributed by atoms with E-state index < -0.39 is 9.84 Å². The minimum absolute atomic E-state index is 0.0735. The van der Waals surface area contributed by atoms with Crippen molar-refractivity contribution in [3.8, 4) is 0 Å². The van der Waals surface area contributed by atoms with Gasteiger partial charge in [-0.3, -0.25) is 14.4 Å². The molecule has 8 nitrogen and oxygen atoms in total. The van der Waals surface area contributed by atoms with Gasteiger partial charge < -0.3 is 10.2 Å². The number of carbonyl (C=O) groups excluding carboxylic acids is 1. The van der Waals surface area contributed by atoms with Crippen molar-refractivity contribution in [2.45, 2.75) is 76.2 Å². The Morgan fingerprint density at radius 3 is 2.53 bits per heavy atom. The number of nitrogens with one attached hydrogen (secondary N) is 1. The van der Waals surface area contributed by atoms with Crippen LogP contribution in [0.5, 0.6) is 0 Å². The quantitative estimate of drug-likeness (QED) is 0.646. The van der Waals surface area contributed by atoms with E-state index in [-0.39, 0.29) is 24.0 Å². The van der Waals surface area contributed by atoms with Crippen LogP contribution in [0.4, 0.5) is 0 Å². The third-order valence-electron chi connectivity index (χ3n) is 8.08. The predicted molar refractivity (Wildman–Crippen MR) is 134 cm³/mol. The molecule has 1 aromatic heterocycles. The van der Waals surface area contributed by atoms with Crippen molar-refractivity contribution in [1.82, 2.24) is 24.9 Å². The molecule has 186 valence electrons. The Labute approximate surface area is 202 Å². The number of nitrogens with zero attached hydrogens (tertiary/aromatic N) is 4. The maximum Gasteiger partial charge on any atom is 0.272 e. The first kappa shape index (κ1) is 23.8. The molecule has 0 spiro atoms. The van der Waals surface area contributed by atoms with Crippen LogP contribution in [0.3, 0.4) is 0 Å². The molecular weight excluding hydrogens is 450 g/mol. The topological polar surface area (TPSA) is 87.5 Å². The lowest BCUT2D eigenvalue weighted by molar-refractivity contribution is 0.0803. The Morgan fingerprint density at radius 1 is 1.18 bits per heavy atom. The largest absolute Gasteiger partial charge is 0.348 e. The zero-order valence-electron chi connectivity index (χ0n) is 20.5. The SMILES string of the molecule is CC(C)n1nc(C(=O)N[C@@H]2C[C@H]3CC[C@@H](C2)N3CCN(C)C2CCS(=O)(=O)C2)c2ccccc21. The van der Waals surface area contributed by atoms with Crippen LogP contribution in [0.2, 0.25) is 0 Å². The summed E-state index contributed by atoms with van der Waals surface area (Å²) in [6.45, 7) is 6.02. The van der Waals surface area contributed by atoms with Crippen LogP contribution in [0.15, 0.2) is 24.3 Å². The van der Waals surface area contributed by atoms with Crippen LogP contribution in [-0.2, 0) is 9.84 Å². The first-order chi connectivity index (χ1) is 16.2. The highest BCUT2D eigenvalue weighted by Crippen LogP contribution is 2.36. The van der Waals surface area contributed by atoms with Crippen LogP contribution >= 0.6 is 0 Å². The minimum atomic E-state index is -2.85. The molecule has 0 saturated carbocycles. The average Bonchev–Trinajstić information content (AvgIpc) is 3.43. The molecule has 34 heavy (non-hydrogen) atoms. The van der Waals surface area contributed by atoms with Crippen LogP contribution in [-0.4, -0.2) is 89.7 Å². The van der Waals surface area contributed by atoms with Crippen LogP contribution in [0, 0.1) is 0 Å². The average molecular weight is 488 g/mol. The van der Waals surface area contributed by atoms with E-state index in [0.717, 1.165) is 43.3 Å². The van der Waals surface area contributed by atoms with Crippen molar-refractivity contribution in [2.75, 3.05) is 31.6 Å². The number of amides is 1. The van der Waals surface area contributed by atoms with E-state index in [4.69, 9.17) is 0 Å². The number of carbonyl (C=O) groups is 1. The highest BCUT2D eigenvalue weighted by molar-refractivity contribution is 7.91. The molecule has 3 aliphatic heterocycles.